The van der Waals surface area contributed by atoms with Gasteiger partial charge in [-0.3, -0.25) is 9.69 Å². The van der Waals surface area contributed by atoms with Gasteiger partial charge in [0.25, 0.3) is 0 Å². The Morgan fingerprint density at radius 1 is 1.50 bits per heavy atom. The highest BCUT2D eigenvalue weighted by molar-refractivity contribution is 7.09. The topological polar surface area (TPSA) is 58.4 Å². The minimum atomic E-state index is 0.0853. The Kier molecular flexibility index (Phi) is 7.80. The van der Waals surface area contributed by atoms with Gasteiger partial charge in [-0.05, 0) is 43.8 Å². The summed E-state index contributed by atoms with van der Waals surface area (Å²) in [6, 6.07) is 4.34. The Bertz CT molecular complexity index is 378. The van der Waals surface area contributed by atoms with Crippen LogP contribution >= 0.6 is 11.3 Å². The lowest BCUT2D eigenvalue weighted by molar-refractivity contribution is -0.121. The Balaban J connectivity index is 2.11. The molecule has 0 saturated heterocycles. The first-order valence-electron chi connectivity index (χ1n) is 7.22. The van der Waals surface area contributed by atoms with E-state index in [9.17, 15) is 4.79 Å². The number of hydrogen-bond acceptors (Lipinski definition) is 4. The molecule has 1 atom stereocenters. The lowest BCUT2D eigenvalue weighted by atomic mass is 10.0. The molecule has 0 aromatic carbocycles. The van der Waals surface area contributed by atoms with Crippen LogP contribution in [0.15, 0.2) is 17.5 Å². The monoisotopic (exact) mass is 297 g/mol. The molecular formula is C15H27N3OS. The van der Waals surface area contributed by atoms with E-state index >= 15 is 0 Å². The number of likely N-dealkylation sites (N-methyl/N-ethyl adjacent to an activating group) is 1. The van der Waals surface area contributed by atoms with Gasteiger partial charge in [0.15, 0.2) is 0 Å². The fourth-order valence-corrected chi connectivity index (χ4v) is 2.57. The number of nitrogens with two attached hydrogens (primary N) is 1. The standard InChI is InChI=1S/C15H27N3OS/c1-12(2)14(16)7-9-18(3)11-15(19)17-8-6-13-5-4-10-20-13/h4-5,10,12,14H,6-9,11,16H2,1-3H3,(H,17,19). The van der Waals surface area contributed by atoms with Crippen LogP contribution < -0.4 is 11.1 Å². The first-order valence-corrected chi connectivity index (χ1v) is 8.10. The second-order valence-electron chi connectivity index (χ2n) is 5.61. The quantitative estimate of drug-likeness (QED) is 0.729. The molecule has 1 amide bonds. The third kappa shape index (κ3) is 7.03. The Morgan fingerprint density at radius 2 is 2.25 bits per heavy atom. The fraction of sp³-hybridized carbons (Fsp3) is 0.667. The molecule has 0 bridgehead atoms. The van der Waals surface area contributed by atoms with Gasteiger partial charge in [-0.2, -0.15) is 0 Å². The minimum Gasteiger partial charge on any atom is -0.355 e. The Hall–Kier alpha value is -0.910. The number of amides is 1. The number of nitrogens with one attached hydrogen (secondary N) is 1. The minimum absolute atomic E-state index is 0.0853. The number of rotatable bonds is 9. The summed E-state index contributed by atoms with van der Waals surface area (Å²) in [5.41, 5.74) is 6.00. The van der Waals surface area contributed by atoms with Crippen LogP contribution in [0.2, 0.25) is 0 Å². The molecule has 1 unspecified atom stereocenters. The second kappa shape index (κ2) is 9.10. The molecule has 114 valence electrons. The zero-order valence-corrected chi connectivity index (χ0v) is 13.6. The fourth-order valence-electron chi connectivity index (χ4n) is 1.86. The van der Waals surface area contributed by atoms with E-state index in [-0.39, 0.29) is 11.9 Å². The molecule has 1 aromatic rings. The molecule has 3 N–H and O–H groups in total. The number of carbonyl (C=O) groups excluding carboxylic acids is 1. The van der Waals surface area contributed by atoms with Crippen molar-refractivity contribution in [3.05, 3.63) is 22.4 Å². The van der Waals surface area contributed by atoms with Crippen molar-refractivity contribution < 1.29 is 4.79 Å². The molecule has 0 aliphatic heterocycles. The molecule has 0 aliphatic rings. The van der Waals surface area contributed by atoms with Gasteiger partial charge in [0.2, 0.25) is 5.91 Å². The van der Waals surface area contributed by atoms with E-state index in [1.54, 1.807) is 11.3 Å². The summed E-state index contributed by atoms with van der Waals surface area (Å²) in [4.78, 5) is 15.1. The zero-order valence-electron chi connectivity index (χ0n) is 12.8. The number of nitrogens with zero attached hydrogens (tertiary/aromatic N) is 1. The normalized spacial score (nSPS) is 12.9. The first-order chi connectivity index (χ1) is 9.49. The Labute approximate surface area is 126 Å². The summed E-state index contributed by atoms with van der Waals surface area (Å²) in [6.45, 7) is 6.26. The second-order valence-corrected chi connectivity index (χ2v) is 6.65. The molecule has 20 heavy (non-hydrogen) atoms. The lowest BCUT2D eigenvalue weighted by Gasteiger charge is -2.20. The predicted molar refractivity (Wildman–Crippen MR) is 86.0 cm³/mol. The molecule has 5 heteroatoms. The maximum atomic E-state index is 11.8. The summed E-state index contributed by atoms with van der Waals surface area (Å²) in [5.74, 6) is 0.574. The number of carbonyl (C=O) groups is 1. The molecule has 4 nitrogen and oxygen atoms in total. The van der Waals surface area contributed by atoms with Crippen molar-refractivity contribution in [2.24, 2.45) is 11.7 Å². The number of thiophene rings is 1. The van der Waals surface area contributed by atoms with Crippen LogP contribution in [0.1, 0.15) is 25.1 Å². The van der Waals surface area contributed by atoms with Crippen LogP contribution in [0, 0.1) is 5.92 Å². The largest absolute Gasteiger partial charge is 0.355 e. The summed E-state index contributed by atoms with van der Waals surface area (Å²) in [7, 11) is 1.96. The van der Waals surface area contributed by atoms with Gasteiger partial charge >= 0.3 is 0 Å². The summed E-state index contributed by atoms with van der Waals surface area (Å²) in [6.07, 6.45) is 1.84. The maximum Gasteiger partial charge on any atom is 0.234 e. The van der Waals surface area contributed by atoms with Gasteiger partial charge in [0.05, 0.1) is 6.54 Å². The van der Waals surface area contributed by atoms with E-state index < -0.39 is 0 Å². The van der Waals surface area contributed by atoms with Crippen molar-refractivity contribution in [2.45, 2.75) is 32.7 Å². The van der Waals surface area contributed by atoms with Gasteiger partial charge < -0.3 is 11.1 Å². The van der Waals surface area contributed by atoms with Gasteiger partial charge in [-0.15, -0.1) is 11.3 Å². The Morgan fingerprint density at radius 3 is 2.85 bits per heavy atom. The van der Waals surface area contributed by atoms with Gasteiger partial charge in [0, 0.05) is 17.5 Å². The van der Waals surface area contributed by atoms with Crippen LogP contribution in [0.5, 0.6) is 0 Å². The van der Waals surface area contributed by atoms with Crippen LogP contribution in [0.4, 0.5) is 0 Å². The van der Waals surface area contributed by atoms with Gasteiger partial charge in [0.1, 0.15) is 0 Å². The molecular weight excluding hydrogens is 270 g/mol. The van der Waals surface area contributed by atoms with E-state index in [1.165, 1.54) is 4.88 Å². The average Bonchev–Trinajstić information content (AvgIpc) is 2.88. The summed E-state index contributed by atoms with van der Waals surface area (Å²) >= 11 is 1.73. The highest BCUT2D eigenvalue weighted by Gasteiger charge is 2.11. The molecule has 1 rings (SSSR count). The smallest absolute Gasteiger partial charge is 0.234 e. The number of hydrogen-bond donors (Lipinski definition) is 2. The molecule has 0 fully saturated rings. The average molecular weight is 297 g/mol. The summed E-state index contributed by atoms with van der Waals surface area (Å²) in [5, 5.41) is 5.02. The van der Waals surface area contributed by atoms with E-state index in [0.29, 0.717) is 19.0 Å². The highest BCUT2D eigenvalue weighted by atomic mass is 32.1. The summed E-state index contributed by atoms with van der Waals surface area (Å²) < 4.78 is 0. The maximum absolute atomic E-state index is 11.8. The van der Waals surface area contributed by atoms with Crippen molar-refractivity contribution in [3.63, 3.8) is 0 Å². The van der Waals surface area contributed by atoms with Crippen LogP contribution in [-0.2, 0) is 11.2 Å². The van der Waals surface area contributed by atoms with Crippen LogP contribution in [-0.4, -0.2) is 43.5 Å². The molecule has 0 aliphatic carbocycles. The van der Waals surface area contributed by atoms with Crippen molar-refractivity contribution in [1.29, 1.82) is 0 Å². The highest BCUT2D eigenvalue weighted by Crippen LogP contribution is 2.08. The molecule has 1 aromatic heterocycles. The van der Waals surface area contributed by atoms with Crippen LogP contribution in [0.3, 0.4) is 0 Å². The van der Waals surface area contributed by atoms with E-state index in [1.807, 2.05) is 18.0 Å². The lowest BCUT2D eigenvalue weighted by Crippen LogP contribution is -2.38. The molecule has 0 saturated carbocycles. The predicted octanol–water partition coefficient (Wildman–Crippen LogP) is 1.71. The van der Waals surface area contributed by atoms with Gasteiger partial charge in [-0.25, -0.2) is 0 Å². The van der Waals surface area contributed by atoms with Crippen molar-refractivity contribution in [3.8, 4) is 0 Å². The van der Waals surface area contributed by atoms with Crippen LogP contribution in [0.25, 0.3) is 0 Å². The van der Waals surface area contributed by atoms with E-state index in [4.69, 9.17) is 5.73 Å². The SMILES string of the molecule is CC(C)C(N)CCN(C)CC(=O)NCCc1cccs1. The van der Waals surface area contributed by atoms with Crippen molar-refractivity contribution in [1.82, 2.24) is 10.2 Å². The van der Waals surface area contributed by atoms with E-state index in [0.717, 1.165) is 19.4 Å². The van der Waals surface area contributed by atoms with Gasteiger partial charge in [-0.1, -0.05) is 19.9 Å². The third-order valence-corrected chi connectivity index (χ3v) is 4.32. The zero-order chi connectivity index (χ0) is 15.0. The first kappa shape index (κ1) is 17.1. The van der Waals surface area contributed by atoms with Crippen molar-refractivity contribution >= 4 is 17.2 Å². The molecule has 1 heterocycles. The van der Waals surface area contributed by atoms with Crippen molar-refractivity contribution in [2.75, 3.05) is 26.7 Å². The third-order valence-electron chi connectivity index (χ3n) is 3.39. The van der Waals surface area contributed by atoms with E-state index in [2.05, 4.69) is 30.6 Å². The molecule has 0 spiro atoms. The molecule has 0 radical (unpaired) electrons.